The van der Waals surface area contributed by atoms with E-state index in [1.807, 2.05) is 47.8 Å². The second-order valence-electron chi connectivity index (χ2n) is 3.21. The molecule has 1 aliphatic heterocycles. The first kappa shape index (κ1) is 11.0. The molecule has 1 N–H and O–H groups in total. The number of nitrogens with zero attached hydrogens (tertiary/aromatic N) is 1. The number of hydrogen-bond acceptors (Lipinski definition) is 4. The van der Waals surface area contributed by atoms with Crippen LogP contribution in [0, 0.1) is 0 Å². The molecular weight excluding hydrogens is 226 g/mol. The zero-order chi connectivity index (χ0) is 10.5. The topological polar surface area (TPSA) is 32.6 Å². The lowest BCUT2D eigenvalue weighted by Gasteiger charge is -1.99. The largest absolute Gasteiger partial charge is 0.396 e. The summed E-state index contributed by atoms with van der Waals surface area (Å²) in [5.41, 5.74) is 2.17. The number of rotatable bonds is 3. The van der Waals surface area contributed by atoms with E-state index in [1.54, 1.807) is 0 Å². The Hall–Kier alpha value is -0.450. The molecule has 15 heavy (non-hydrogen) atoms. The highest BCUT2D eigenvalue weighted by atomic mass is 32.2. The average molecular weight is 239 g/mol. The van der Waals surface area contributed by atoms with E-state index in [4.69, 9.17) is 5.11 Å². The minimum atomic E-state index is 0.208. The van der Waals surface area contributed by atoms with Crippen LogP contribution >= 0.6 is 23.5 Å². The fraction of sp³-hybridized carbons (Fsp3) is 0.364. The van der Waals surface area contributed by atoms with Crippen LogP contribution in [-0.4, -0.2) is 27.6 Å². The van der Waals surface area contributed by atoms with Crippen LogP contribution in [0.3, 0.4) is 0 Å². The van der Waals surface area contributed by atoms with Gasteiger partial charge in [0.05, 0.1) is 5.69 Å². The minimum absolute atomic E-state index is 0.208. The Morgan fingerprint density at radius 3 is 2.40 bits per heavy atom. The lowest BCUT2D eigenvalue weighted by Crippen LogP contribution is -1.88. The molecule has 1 fully saturated rings. The van der Waals surface area contributed by atoms with Crippen molar-refractivity contribution in [3.8, 4) is 0 Å². The third-order valence-corrected chi connectivity index (χ3v) is 4.55. The fourth-order valence-electron chi connectivity index (χ4n) is 1.34. The number of hydrogen-bond donors (Lipinski definition) is 1. The number of aliphatic hydroxyl groups excluding tert-OH is 1. The summed E-state index contributed by atoms with van der Waals surface area (Å²) in [7, 11) is 0. The van der Waals surface area contributed by atoms with Gasteiger partial charge in [0.25, 0.3) is 0 Å². The van der Waals surface area contributed by atoms with Gasteiger partial charge in [0.1, 0.15) is 4.38 Å². The molecule has 1 saturated heterocycles. The molecular formula is C11H13NOS2. The molecule has 0 spiro atoms. The Morgan fingerprint density at radius 1 is 1.13 bits per heavy atom. The number of aliphatic imine (C=N–C) groups is 1. The van der Waals surface area contributed by atoms with Crippen molar-refractivity contribution in [1.82, 2.24) is 0 Å². The van der Waals surface area contributed by atoms with Gasteiger partial charge in [-0.15, -0.1) is 0 Å². The van der Waals surface area contributed by atoms with Gasteiger partial charge in [-0.25, -0.2) is 4.99 Å². The summed E-state index contributed by atoms with van der Waals surface area (Å²) in [5, 5.41) is 8.78. The first-order valence-electron chi connectivity index (χ1n) is 4.92. The highest BCUT2D eigenvalue weighted by Gasteiger charge is 2.09. The van der Waals surface area contributed by atoms with Crippen LogP contribution in [0.1, 0.15) is 5.56 Å². The van der Waals surface area contributed by atoms with E-state index >= 15 is 0 Å². The Balaban J connectivity index is 2.06. The predicted octanol–water partition coefficient (Wildman–Crippen LogP) is 2.69. The molecule has 0 atom stereocenters. The lowest BCUT2D eigenvalue weighted by molar-refractivity contribution is 0.299. The molecule has 2 rings (SSSR count). The molecule has 0 aliphatic carbocycles. The summed E-state index contributed by atoms with van der Waals surface area (Å²) in [4.78, 5) is 4.54. The van der Waals surface area contributed by atoms with Crippen molar-refractivity contribution >= 4 is 33.6 Å². The molecule has 1 heterocycles. The molecule has 0 aromatic heterocycles. The normalized spacial score (nSPS) is 15.7. The van der Waals surface area contributed by atoms with Crippen molar-refractivity contribution in [3.05, 3.63) is 29.8 Å². The van der Waals surface area contributed by atoms with Gasteiger partial charge in [-0.3, -0.25) is 0 Å². The van der Waals surface area contributed by atoms with Gasteiger partial charge >= 0.3 is 0 Å². The van der Waals surface area contributed by atoms with E-state index in [0.29, 0.717) is 0 Å². The van der Waals surface area contributed by atoms with Crippen molar-refractivity contribution in [1.29, 1.82) is 0 Å². The first-order chi connectivity index (χ1) is 7.38. The fourth-order valence-corrected chi connectivity index (χ4v) is 3.52. The Kier molecular flexibility index (Phi) is 4.11. The second-order valence-corrected chi connectivity index (χ2v) is 5.64. The maximum Gasteiger partial charge on any atom is 0.130 e. The summed E-state index contributed by atoms with van der Waals surface area (Å²) >= 11 is 3.65. The average Bonchev–Trinajstić information content (AvgIpc) is 2.74. The maximum atomic E-state index is 8.78. The predicted molar refractivity (Wildman–Crippen MR) is 69.2 cm³/mol. The van der Waals surface area contributed by atoms with Crippen molar-refractivity contribution in [3.63, 3.8) is 0 Å². The standard InChI is InChI=1S/C11H13NOS2/c13-6-5-9-1-3-10(4-2-9)12-11-14-7-8-15-11/h1-4,13H,5-8H2. The van der Waals surface area contributed by atoms with Gasteiger partial charge in [0.2, 0.25) is 0 Å². The molecule has 2 nitrogen and oxygen atoms in total. The van der Waals surface area contributed by atoms with Crippen molar-refractivity contribution in [2.75, 3.05) is 18.1 Å². The van der Waals surface area contributed by atoms with E-state index in [-0.39, 0.29) is 6.61 Å². The molecule has 0 saturated carbocycles. The summed E-state index contributed by atoms with van der Waals surface area (Å²) in [5.74, 6) is 2.35. The van der Waals surface area contributed by atoms with Gasteiger partial charge in [0.15, 0.2) is 0 Å². The van der Waals surface area contributed by atoms with Crippen LogP contribution in [0.2, 0.25) is 0 Å². The first-order valence-corrected chi connectivity index (χ1v) is 6.90. The van der Waals surface area contributed by atoms with Crippen LogP contribution in [0.4, 0.5) is 5.69 Å². The van der Waals surface area contributed by atoms with Gasteiger partial charge in [0, 0.05) is 18.1 Å². The van der Waals surface area contributed by atoms with Gasteiger partial charge < -0.3 is 5.11 Å². The Morgan fingerprint density at radius 2 is 1.80 bits per heavy atom. The molecule has 0 amide bonds. The zero-order valence-electron chi connectivity index (χ0n) is 8.35. The van der Waals surface area contributed by atoms with Crippen molar-refractivity contribution < 1.29 is 5.11 Å². The molecule has 1 aromatic rings. The van der Waals surface area contributed by atoms with Crippen LogP contribution in [0.5, 0.6) is 0 Å². The molecule has 0 radical (unpaired) electrons. The van der Waals surface area contributed by atoms with E-state index in [0.717, 1.165) is 17.7 Å². The van der Waals surface area contributed by atoms with Gasteiger partial charge in [-0.1, -0.05) is 35.7 Å². The summed E-state index contributed by atoms with van der Waals surface area (Å²) in [6, 6.07) is 8.08. The molecule has 0 unspecified atom stereocenters. The van der Waals surface area contributed by atoms with E-state index in [2.05, 4.69) is 4.99 Å². The van der Waals surface area contributed by atoms with Gasteiger partial charge in [-0.05, 0) is 24.1 Å². The third kappa shape index (κ3) is 3.26. The van der Waals surface area contributed by atoms with Crippen LogP contribution in [0.25, 0.3) is 0 Å². The Bertz CT molecular complexity index is 340. The van der Waals surface area contributed by atoms with Crippen molar-refractivity contribution in [2.24, 2.45) is 4.99 Å². The minimum Gasteiger partial charge on any atom is -0.396 e. The van der Waals surface area contributed by atoms with Crippen LogP contribution in [0.15, 0.2) is 29.3 Å². The number of aliphatic hydroxyl groups is 1. The highest BCUT2D eigenvalue weighted by molar-refractivity contribution is 8.41. The third-order valence-electron chi connectivity index (χ3n) is 2.09. The van der Waals surface area contributed by atoms with Crippen molar-refractivity contribution in [2.45, 2.75) is 6.42 Å². The van der Waals surface area contributed by atoms with E-state index in [1.165, 1.54) is 15.9 Å². The SMILES string of the molecule is OCCc1ccc(N=C2SCCS2)cc1. The van der Waals surface area contributed by atoms with E-state index < -0.39 is 0 Å². The summed E-state index contributed by atoms with van der Waals surface area (Å²) in [6.07, 6.45) is 0.723. The number of benzene rings is 1. The van der Waals surface area contributed by atoms with Gasteiger partial charge in [-0.2, -0.15) is 0 Å². The summed E-state index contributed by atoms with van der Waals surface area (Å²) < 4.78 is 1.17. The van der Waals surface area contributed by atoms with E-state index in [9.17, 15) is 0 Å². The molecule has 1 aromatic carbocycles. The monoisotopic (exact) mass is 239 g/mol. The van der Waals surface area contributed by atoms with Crippen LogP contribution < -0.4 is 0 Å². The number of thioether (sulfide) groups is 2. The smallest absolute Gasteiger partial charge is 0.130 e. The van der Waals surface area contributed by atoms with Crippen LogP contribution in [-0.2, 0) is 6.42 Å². The summed E-state index contributed by atoms with van der Waals surface area (Å²) in [6.45, 7) is 0.208. The molecule has 1 aliphatic rings. The second kappa shape index (κ2) is 5.58. The zero-order valence-corrected chi connectivity index (χ0v) is 9.98. The molecule has 0 bridgehead atoms. The molecule has 4 heteroatoms. The highest BCUT2D eigenvalue weighted by Crippen LogP contribution is 2.29. The quantitative estimate of drug-likeness (QED) is 0.880. The molecule has 80 valence electrons. The lowest BCUT2D eigenvalue weighted by atomic mass is 10.1. The Labute approximate surface area is 98.2 Å². The maximum absolute atomic E-state index is 8.78.